The lowest BCUT2D eigenvalue weighted by Crippen LogP contribution is -2.23. The van der Waals surface area contributed by atoms with Crippen molar-refractivity contribution in [3.05, 3.63) is 46.3 Å². The van der Waals surface area contributed by atoms with Crippen LogP contribution in [-0.2, 0) is 0 Å². The number of ether oxygens (including phenoxy) is 1. The minimum atomic E-state index is -0.586. The molecule has 0 fully saturated rings. The molecule has 0 bridgehead atoms. The normalized spacial score (nSPS) is 15.1. The molecule has 0 spiro atoms. The number of nitriles is 2. The maximum Gasteiger partial charge on any atom is 0.161 e. The van der Waals surface area contributed by atoms with E-state index in [1.165, 1.54) is 0 Å². The number of allylic oxidation sites excluding steroid dienone is 4. The van der Waals surface area contributed by atoms with E-state index in [1.54, 1.807) is 32.0 Å². The number of nitrogens with zero attached hydrogens (tertiary/aromatic N) is 2. The molecule has 22 heavy (non-hydrogen) atoms. The standard InChI is InChI=1S/C17H17N3O2/c1-4-22-15-7-5-6-12(17(15)21)16-13(8-18)10(2)20-11(3)14(16)9-19/h5-7,16,20-21H,4H2,1-3H3. The second-order valence-corrected chi connectivity index (χ2v) is 4.99. The van der Waals surface area contributed by atoms with E-state index in [1.807, 2.05) is 6.92 Å². The molecule has 0 unspecified atom stereocenters. The topological polar surface area (TPSA) is 89.1 Å². The molecule has 1 aromatic carbocycles. The number of para-hydroxylation sites is 1. The Balaban J connectivity index is 2.67. The fourth-order valence-corrected chi connectivity index (χ4v) is 2.65. The van der Waals surface area contributed by atoms with Gasteiger partial charge >= 0.3 is 0 Å². The first-order chi connectivity index (χ1) is 10.5. The Bertz CT molecular complexity index is 712. The van der Waals surface area contributed by atoms with Gasteiger partial charge in [-0.3, -0.25) is 0 Å². The molecule has 2 N–H and O–H groups in total. The van der Waals surface area contributed by atoms with Gasteiger partial charge in [-0.25, -0.2) is 0 Å². The van der Waals surface area contributed by atoms with E-state index < -0.39 is 5.92 Å². The highest BCUT2D eigenvalue weighted by Gasteiger charge is 2.31. The van der Waals surface area contributed by atoms with Crippen molar-refractivity contribution in [2.45, 2.75) is 26.7 Å². The Morgan fingerprint density at radius 3 is 2.27 bits per heavy atom. The summed E-state index contributed by atoms with van der Waals surface area (Å²) in [6.45, 7) is 5.81. The third-order valence-electron chi connectivity index (χ3n) is 3.64. The largest absolute Gasteiger partial charge is 0.504 e. The summed E-state index contributed by atoms with van der Waals surface area (Å²) in [5, 5.41) is 32.4. The first kappa shape index (κ1) is 15.5. The number of aromatic hydroxyl groups is 1. The van der Waals surface area contributed by atoms with Gasteiger partial charge in [-0.2, -0.15) is 10.5 Å². The summed E-state index contributed by atoms with van der Waals surface area (Å²) in [5.74, 6) is -0.266. The van der Waals surface area contributed by atoms with Gasteiger partial charge in [-0.05, 0) is 26.8 Å². The fraction of sp³-hybridized carbons (Fsp3) is 0.294. The highest BCUT2D eigenvalue weighted by atomic mass is 16.5. The maximum atomic E-state index is 10.5. The molecular formula is C17H17N3O2. The molecule has 0 amide bonds. The molecule has 0 aliphatic carbocycles. The van der Waals surface area contributed by atoms with Crippen LogP contribution in [0.2, 0.25) is 0 Å². The molecule has 1 aromatic rings. The zero-order valence-corrected chi connectivity index (χ0v) is 12.8. The average molecular weight is 295 g/mol. The summed E-state index contributed by atoms with van der Waals surface area (Å²) >= 11 is 0. The molecule has 112 valence electrons. The van der Waals surface area contributed by atoms with Gasteiger partial charge in [0.15, 0.2) is 11.5 Å². The number of benzene rings is 1. The van der Waals surface area contributed by atoms with Crippen LogP contribution in [0.25, 0.3) is 0 Å². The van der Waals surface area contributed by atoms with Crippen LogP contribution in [0.3, 0.4) is 0 Å². The van der Waals surface area contributed by atoms with Gasteiger partial charge in [-0.1, -0.05) is 12.1 Å². The van der Waals surface area contributed by atoms with Gasteiger partial charge in [0, 0.05) is 17.0 Å². The number of phenols is 1. The molecular weight excluding hydrogens is 278 g/mol. The molecule has 0 aromatic heterocycles. The monoisotopic (exact) mass is 295 g/mol. The Morgan fingerprint density at radius 2 is 1.77 bits per heavy atom. The lowest BCUT2D eigenvalue weighted by molar-refractivity contribution is 0.316. The predicted octanol–water partition coefficient (Wildman–Crippen LogP) is 3.07. The summed E-state index contributed by atoms with van der Waals surface area (Å²) in [4.78, 5) is 0. The molecule has 0 atom stereocenters. The van der Waals surface area contributed by atoms with Gasteiger partial charge < -0.3 is 15.2 Å². The highest BCUT2D eigenvalue weighted by Crippen LogP contribution is 2.43. The fourth-order valence-electron chi connectivity index (χ4n) is 2.65. The second kappa shape index (κ2) is 6.24. The lowest BCUT2D eigenvalue weighted by atomic mass is 9.81. The smallest absolute Gasteiger partial charge is 0.161 e. The zero-order valence-electron chi connectivity index (χ0n) is 12.8. The number of phenolic OH excluding ortho intramolecular Hbond substituents is 1. The van der Waals surface area contributed by atoms with Crippen LogP contribution in [0.4, 0.5) is 0 Å². The summed E-state index contributed by atoms with van der Waals surface area (Å²) in [6, 6.07) is 9.41. The molecule has 5 nitrogen and oxygen atoms in total. The molecule has 5 heteroatoms. The average Bonchev–Trinajstić information content (AvgIpc) is 2.49. The van der Waals surface area contributed by atoms with Crippen LogP contribution >= 0.6 is 0 Å². The van der Waals surface area contributed by atoms with Crippen molar-refractivity contribution in [3.63, 3.8) is 0 Å². The first-order valence-electron chi connectivity index (χ1n) is 6.98. The van der Waals surface area contributed by atoms with E-state index in [4.69, 9.17) is 4.74 Å². The zero-order chi connectivity index (χ0) is 16.3. The van der Waals surface area contributed by atoms with Crippen LogP contribution in [-0.4, -0.2) is 11.7 Å². The van der Waals surface area contributed by atoms with E-state index in [2.05, 4.69) is 17.5 Å². The Kier molecular flexibility index (Phi) is 4.39. The molecule has 1 aliphatic rings. The van der Waals surface area contributed by atoms with Crippen LogP contribution in [0.15, 0.2) is 40.7 Å². The Morgan fingerprint density at radius 1 is 1.18 bits per heavy atom. The Hall–Kier alpha value is -2.92. The molecule has 1 heterocycles. The van der Waals surface area contributed by atoms with Crippen molar-refractivity contribution >= 4 is 0 Å². The van der Waals surface area contributed by atoms with Gasteiger partial charge in [0.25, 0.3) is 0 Å². The van der Waals surface area contributed by atoms with Crippen molar-refractivity contribution in [2.24, 2.45) is 0 Å². The van der Waals surface area contributed by atoms with Crippen molar-refractivity contribution in [1.29, 1.82) is 10.5 Å². The van der Waals surface area contributed by atoms with E-state index >= 15 is 0 Å². The summed E-state index contributed by atoms with van der Waals surface area (Å²) in [6.07, 6.45) is 0. The van der Waals surface area contributed by atoms with Crippen LogP contribution in [0.5, 0.6) is 11.5 Å². The van der Waals surface area contributed by atoms with Crippen LogP contribution in [0.1, 0.15) is 32.3 Å². The first-order valence-corrected chi connectivity index (χ1v) is 6.98. The van der Waals surface area contributed by atoms with E-state index in [0.717, 1.165) is 0 Å². The van der Waals surface area contributed by atoms with Crippen molar-refractivity contribution < 1.29 is 9.84 Å². The molecule has 0 saturated carbocycles. The van der Waals surface area contributed by atoms with E-state index in [0.29, 0.717) is 40.5 Å². The quantitative estimate of drug-likeness (QED) is 0.894. The second-order valence-electron chi connectivity index (χ2n) is 4.99. The molecule has 0 radical (unpaired) electrons. The Labute approximate surface area is 129 Å². The van der Waals surface area contributed by atoms with Gasteiger partial charge in [0.1, 0.15) is 0 Å². The van der Waals surface area contributed by atoms with Crippen LogP contribution in [0, 0.1) is 22.7 Å². The van der Waals surface area contributed by atoms with Crippen molar-refractivity contribution in [1.82, 2.24) is 5.32 Å². The lowest BCUT2D eigenvalue weighted by Gasteiger charge is -2.27. The number of dihydropyridines is 1. The van der Waals surface area contributed by atoms with Crippen molar-refractivity contribution in [3.8, 4) is 23.6 Å². The van der Waals surface area contributed by atoms with Crippen LogP contribution < -0.4 is 10.1 Å². The number of nitrogens with one attached hydrogen (secondary N) is 1. The predicted molar refractivity (Wildman–Crippen MR) is 81.8 cm³/mol. The maximum absolute atomic E-state index is 10.5. The highest BCUT2D eigenvalue weighted by molar-refractivity contribution is 5.60. The van der Waals surface area contributed by atoms with Gasteiger partial charge in [0.05, 0.1) is 35.8 Å². The minimum absolute atomic E-state index is 0.0302. The number of hydrogen-bond acceptors (Lipinski definition) is 5. The SMILES string of the molecule is CCOc1cccc(C2C(C#N)=C(C)NC(C)=C2C#N)c1O. The van der Waals surface area contributed by atoms with Crippen molar-refractivity contribution in [2.75, 3.05) is 6.61 Å². The third kappa shape index (κ3) is 2.49. The number of rotatable bonds is 3. The molecule has 2 rings (SSSR count). The van der Waals surface area contributed by atoms with E-state index in [-0.39, 0.29) is 5.75 Å². The summed E-state index contributed by atoms with van der Waals surface area (Å²) in [5.41, 5.74) is 2.71. The van der Waals surface area contributed by atoms with Gasteiger partial charge in [0.2, 0.25) is 0 Å². The minimum Gasteiger partial charge on any atom is -0.504 e. The van der Waals surface area contributed by atoms with E-state index in [9.17, 15) is 15.6 Å². The third-order valence-corrected chi connectivity index (χ3v) is 3.64. The van der Waals surface area contributed by atoms with Gasteiger partial charge in [-0.15, -0.1) is 0 Å². The molecule has 0 saturated heterocycles. The molecule has 1 aliphatic heterocycles. The number of hydrogen-bond donors (Lipinski definition) is 2. The summed E-state index contributed by atoms with van der Waals surface area (Å²) in [7, 11) is 0. The summed E-state index contributed by atoms with van der Waals surface area (Å²) < 4.78 is 5.40.